The van der Waals surface area contributed by atoms with Gasteiger partial charge in [0.25, 0.3) is 0 Å². The first-order chi connectivity index (χ1) is 11.0. The van der Waals surface area contributed by atoms with Crippen molar-refractivity contribution in [2.75, 3.05) is 37.8 Å². The number of hydrogen-bond donors (Lipinski definition) is 2. The molecule has 0 radical (unpaired) electrons. The summed E-state index contributed by atoms with van der Waals surface area (Å²) in [7, 11) is 4.17. The lowest BCUT2D eigenvalue weighted by molar-refractivity contribution is 0.405. The molecule has 0 aliphatic heterocycles. The first kappa shape index (κ1) is 17.2. The van der Waals surface area contributed by atoms with E-state index in [2.05, 4.69) is 70.8 Å². The summed E-state index contributed by atoms with van der Waals surface area (Å²) >= 11 is 0. The largest absolute Gasteiger partial charge is 0.370 e. The maximum Gasteiger partial charge on any atom is 0.225 e. The highest BCUT2D eigenvalue weighted by atomic mass is 15.1. The fourth-order valence-corrected chi connectivity index (χ4v) is 2.24. The third-order valence-electron chi connectivity index (χ3n) is 3.51. The van der Waals surface area contributed by atoms with Crippen molar-refractivity contribution in [2.24, 2.45) is 0 Å². The van der Waals surface area contributed by atoms with E-state index in [1.165, 1.54) is 11.1 Å². The lowest BCUT2D eigenvalue weighted by Crippen LogP contribution is -2.17. The first-order valence-electron chi connectivity index (χ1n) is 8.06. The van der Waals surface area contributed by atoms with Crippen LogP contribution in [0, 0.1) is 13.8 Å². The molecule has 2 rings (SSSR count). The van der Waals surface area contributed by atoms with Crippen LogP contribution in [0.4, 0.5) is 11.8 Å². The van der Waals surface area contributed by atoms with Crippen molar-refractivity contribution in [2.45, 2.75) is 26.8 Å². The van der Waals surface area contributed by atoms with Gasteiger partial charge in [-0.05, 0) is 46.5 Å². The number of hydrogen-bond acceptors (Lipinski definition) is 5. The van der Waals surface area contributed by atoms with Crippen molar-refractivity contribution in [1.29, 1.82) is 0 Å². The van der Waals surface area contributed by atoms with Gasteiger partial charge in [0.15, 0.2) is 0 Å². The third kappa shape index (κ3) is 6.24. The molecule has 0 fully saturated rings. The average molecular weight is 313 g/mol. The zero-order chi connectivity index (χ0) is 16.7. The fraction of sp³-hybridized carbons (Fsp3) is 0.444. The Hall–Kier alpha value is -2.14. The van der Waals surface area contributed by atoms with Gasteiger partial charge in [0.1, 0.15) is 5.82 Å². The van der Waals surface area contributed by atoms with E-state index in [0.717, 1.165) is 37.6 Å². The molecule has 1 aromatic heterocycles. The van der Waals surface area contributed by atoms with Crippen LogP contribution in [-0.4, -0.2) is 42.1 Å². The lowest BCUT2D eigenvalue weighted by Gasteiger charge is -2.12. The van der Waals surface area contributed by atoms with E-state index < -0.39 is 0 Å². The summed E-state index contributed by atoms with van der Waals surface area (Å²) in [4.78, 5) is 11.2. The van der Waals surface area contributed by atoms with E-state index >= 15 is 0 Å². The summed E-state index contributed by atoms with van der Waals surface area (Å²) in [5.74, 6) is 1.54. The van der Waals surface area contributed by atoms with E-state index in [9.17, 15) is 0 Å². The number of anilines is 2. The van der Waals surface area contributed by atoms with Crippen LogP contribution in [0.25, 0.3) is 0 Å². The number of rotatable bonds is 8. The summed E-state index contributed by atoms with van der Waals surface area (Å²) in [5.41, 5.74) is 3.45. The molecule has 124 valence electrons. The van der Waals surface area contributed by atoms with Gasteiger partial charge >= 0.3 is 0 Å². The van der Waals surface area contributed by atoms with Crippen molar-refractivity contribution in [3.8, 4) is 0 Å². The minimum atomic E-state index is 0.667. The molecular formula is C18H27N5. The normalized spacial score (nSPS) is 10.8. The molecule has 1 aromatic carbocycles. The van der Waals surface area contributed by atoms with E-state index in [1.807, 2.05) is 13.0 Å². The van der Waals surface area contributed by atoms with Crippen LogP contribution in [0.1, 0.15) is 23.2 Å². The van der Waals surface area contributed by atoms with E-state index in [-0.39, 0.29) is 0 Å². The summed E-state index contributed by atoms with van der Waals surface area (Å²) < 4.78 is 0. The second-order valence-electron chi connectivity index (χ2n) is 6.14. The van der Waals surface area contributed by atoms with Crippen LogP contribution < -0.4 is 10.6 Å². The predicted octanol–water partition coefficient (Wildman–Crippen LogP) is 3.07. The Morgan fingerprint density at radius 3 is 2.43 bits per heavy atom. The molecule has 0 unspecified atom stereocenters. The van der Waals surface area contributed by atoms with Gasteiger partial charge in [0.2, 0.25) is 5.95 Å². The summed E-state index contributed by atoms with van der Waals surface area (Å²) in [6, 6.07) is 10.5. The van der Waals surface area contributed by atoms with Gasteiger partial charge in [0.05, 0.1) is 0 Å². The third-order valence-corrected chi connectivity index (χ3v) is 3.51. The standard InChI is InChI=1S/C18H27N5/c1-14-6-8-16(9-7-14)13-20-18-21-15(2)12-17(22-18)19-10-5-11-23(3)4/h6-9,12H,5,10-11,13H2,1-4H3,(H2,19,20,21,22). The Balaban J connectivity index is 1.90. The fourth-order valence-electron chi connectivity index (χ4n) is 2.24. The molecule has 0 aliphatic carbocycles. The quantitative estimate of drug-likeness (QED) is 0.734. The highest BCUT2D eigenvalue weighted by molar-refractivity contribution is 5.42. The molecule has 0 saturated carbocycles. The Kier molecular flexibility index (Phi) is 6.35. The molecule has 0 spiro atoms. The maximum atomic E-state index is 4.54. The minimum absolute atomic E-state index is 0.667. The second kappa shape index (κ2) is 8.48. The molecular weight excluding hydrogens is 286 g/mol. The SMILES string of the molecule is Cc1ccc(CNc2nc(C)cc(NCCCN(C)C)n2)cc1. The molecule has 2 N–H and O–H groups in total. The van der Waals surface area contributed by atoms with Crippen LogP contribution in [0.3, 0.4) is 0 Å². The van der Waals surface area contributed by atoms with Crippen molar-refractivity contribution in [1.82, 2.24) is 14.9 Å². The topological polar surface area (TPSA) is 53.1 Å². The van der Waals surface area contributed by atoms with Crippen LogP contribution in [0.5, 0.6) is 0 Å². The van der Waals surface area contributed by atoms with Crippen molar-refractivity contribution >= 4 is 11.8 Å². The first-order valence-corrected chi connectivity index (χ1v) is 8.06. The highest BCUT2D eigenvalue weighted by Gasteiger charge is 2.02. The van der Waals surface area contributed by atoms with Crippen LogP contribution in [-0.2, 0) is 6.54 Å². The van der Waals surface area contributed by atoms with Crippen LogP contribution >= 0.6 is 0 Å². The number of aryl methyl sites for hydroxylation is 2. The Morgan fingerprint density at radius 2 is 1.74 bits per heavy atom. The van der Waals surface area contributed by atoms with Crippen molar-refractivity contribution in [3.05, 3.63) is 47.2 Å². The van der Waals surface area contributed by atoms with Crippen LogP contribution in [0.15, 0.2) is 30.3 Å². The second-order valence-corrected chi connectivity index (χ2v) is 6.14. The predicted molar refractivity (Wildman–Crippen MR) is 96.9 cm³/mol. The summed E-state index contributed by atoms with van der Waals surface area (Å²) in [6.45, 7) is 6.78. The molecule has 0 amide bonds. The minimum Gasteiger partial charge on any atom is -0.370 e. The van der Waals surface area contributed by atoms with Gasteiger partial charge in [0, 0.05) is 24.8 Å². The maximum absolute atomic E-state index is 4.54. The molecule has 0 saturated heterocycles. The smallest absolute Gasteiger partial charge is 0.225 e. The molecule has 0 bridgehead atoms. The van der Waals surface area contributed by atoms with Crippen molar-refractivity contribution < 1.29 is 0 Å². The summed E-state index contributed by atoms with van der Waals surface area (Å²) in [5, 5.41) is 6.67. The molecule has 2 aromatic rings. The van der Waals surface area contributed by atoms with Crippen molar-refractivity contribution in [3.63, 3.8) is 0 Å². The Labute approximate surface area is 139 Å². The van der Waals surface area contributed by atoms with E-state index in [0.29, 0.717) is 5.95 Å². The Bertz CT molecular complexity index is 607. The lowest BCUT2D eigenvalue weighted by atomic mass is 10.1. The van der Waals surface area contributed by atoms with E-state index in [1.54, 1.807) is 0 Å². The summed E-state index contributed by atoms with van der Waals surface area (Å²) in [6.07, 6.45) is 1.09. The number of benzene rings is 1. The van der Waals surface area contributed by atoms with E-state index in [4.69, 9.17) is 0 Å². The number of nitrogens with one attached hydrogen (secondary N) is 2. The van der Waals surface area contributed by atoms with Gasteiger partial charge < -0.3 is 15.5 Å². The number of nitrogens with zero attached hydrogens (tertiary/aromatic N) is 3. The monoisotopic (exact) mass is 313 g/mol. The molecule has 23 heavy (non-hydrogen) atoms. The zero-order valence-corrected chi connectivity index (χ0v) is 14.6. The highest BCUT2D eigenvalue weighted by Crippen LogP contribution is 2.11. The van der Waals surface area contributed by atoms with Gasteiger partial charge in [-0.1, -0.05) is 29.8 Å². The van der Waals surface area contributed by atoms with Gasteiger partial charge in [-0.3, -0.25) is 0 Å². The number of aromatic nitrogens is 2. The molecule has 5 nitrogen and oxygen atoms in total. The van der Waals surface area contributed by atoms with Gasteiger partial charge in [-0.25, -0.2) is 4.98 Å². The molecule has 1 heterocycles. The Morgan fingerprint density at radius 1 is 1.00 bits per heavy atom. The van der Waals surface area contributed by atoms with Gasteiger partial charge in [-0.15, -0.1) is 0 Å². The zero-order valence-electron chi connectivity index (χ0n) is 14.6. The van der Waals surface area contributed by atoms with Gasteiger partial charge in [-0.2, -0.15) is 4.98 Å². The molecule has 0 aliphatic rings. The molecule has 5 heteroatoms. The van der Waals surface area contributed by atoms with Crippen LogP contribution in [0.2, 0.25) is 0 Å². The molecule has 0 atom stereocenters. The average Bonchev–Trinajstić information content (AvgIpc) is 2.50.